The first-order valence-corrected chi connectivity index (χ1v) is 7.14. The summed E-state index contributed by atoms with van der Waals surface area (Å²) >= 11 is 0. The summed E-state index contributed by atoms with van der Waals surface area (Å²) in [6.07, 6.45) is 2.75. The predicted octanol–water partition coefficient (Wildman–Crippen LogP) is 2.03. The Bertz CT molecular complexity index is 618. The monoisotopic (exact) mass is 342 g/mol. The van der Waals surface area contributed by atoms with Crippen LogP contribution >= 0.6 is 0 Å². The largest absolute Gasteiger partial charge is 0.493 e. The van der Waals surface area contributed by atoms with Gasteiger partial charge in [0, 0.05) is 12.1 Å². The Kier molecular flexibility index (Phi) is 7.16. The van der Waals surface area contributed by atoms with E-state index >= 15 is 0 Å². The maximum absolute atomic E-state index is 12.3. The number of hydrogen-bond donors (Lipinski definition) is 1. The number of nitrogens with zero attached hydrogens (tertiary/aromatic N) is 1. The third-order valence-corrected chi connectivity index (χ3v) is 3.05. The van der Waals surface area contributed by atoms with Gasteiger partial charge in [-0.15, -0.1) is 0 Å². The number of hydrogen-bond acceptors (Lipinski definition) is 4. The first-order valence-electron chi connectivity index (χ1n) is 7.14. The number of halogens is 2. The number of methoxy groups -OCH3 is 1. The van der Waals surface area contributed by atoms with E-state index in [0.717, 1.165) is 0 Å². The molecular formula is C16H20F2N2O4. The maximum atomic E-state index is 12.3. The van der Waals surface area contributed by atoms with Gasteiger partial charge in [0.05, 0.1) is 13.7 Å². The van der Waals surface area contributed by atoms with Gasteiger partial charge in [-0.3, -0.25) is 9.59 Å². The second kappa shape index (κ2) is 8.85. The Balaban J connectivity index is 2.92. The van der Waals surface area contributed by atoms with Crippen molar-refractivity contribution in [3.05, 3.63) is 29.8 Å². The Morgan fingerprint density at radius 3 is 2.46 bits per heavy atom. The minimum Gasteiger partial charge on any atom is -0.493 e. The molecule has 0 aliphatic heterocycles. The number of carbonyl (C=O) groups is 2. The van der Waals surface area contributed by atoms with Crippen LogP contribution in [0, 0.1) is 0 Å². The molecule has 2 amide bonds. The second-order valence-corrected chi connectivity index (χ2v) is 5.15. The summed E-state index contributed by atoms with van der Waals surface area (Å²) in [5.74, 6) is -0.993. The van der Waals surface area contributed by atoms with Gasteiger partial charge in [0.2, 0.25) is 11.8 Å². The zero-order valence-electron chi connectivity index (χ0n) is 13.7. The van der Waals surface area contributed by atoms with Crippen LogP contribution in [0.5, 0.6) is 11.5 Å². The molecule has 0 unspecified atom stereocenters. The minimum atomic E-state index is -2.96. The molecule has 0 aliphatic carbocycles. The number of rotatable bonds is 8. The van der Waals surface area contributed by atoms with Crippen molar-refractivity contribution in [2.24, 2.45) is 5.73 Å². The van der Waals surface area contributed by atoms with E-state index in [2.05, 4.69) is 4.74 Å². The molecule has 0 fully saturated rings. The molecule has 1 aromatic rings. The van der Waals surface area contributed by atoms with Crippen molar-refractivity contribution >= 4 is 17.9 Å². The third-order valence-electron chi connectivity index (χ3n) is 3.05. The molecule has 8 heteroatoms. The molecule has 0 atom stereocenters. The van der Waals surface area contributed by atoms with Gasteiger partial charge in [0.15, 0.2) is 11.5 Å². The van der Waals surface area contributed by atoms with E-state index in [1.807, 2.05) is 0 Å². The van der Waals surface area contributed by atoms with Gasteiger partial charge in [0.1, 0.15) is 0 Å². The van der Waals surface area contributed by atoms with Crippen LogP contribution in [0.15, 0.2) is 24.3 Å². The smallest absolute Gasteiger partial charge is 0.387 e. The summed E-state index contributed by atoms with van der Waals surface area (Å²) < 4.78 is 33.9. The third kappa shape index (κ3) is 5.86. The summed E-state index contributed by atoms with van der Waals surface area (Å²) in [5, 5.41) is 0. The number of primary amides is 1. The van der Waals surface area contributed by atoms with E-state index in [4.69, 9.17) is 10.5 Å². The zero-order valence-corrected chi connectivity index (χ0v) is 13.7. The average Bonchev–Trinajstić information content (AvgIpc) is 2.50. The molecule has 24 heavy (non-hydrogen) atoms. The van der Waals surface area contributed by atoms with Crippen LogP contribution in [-0.2, 0) is 9.59 Å². The van der Waals surface area contributed by atoms with Crippen molar-refractivity contribution < 1.29 is 27.8 Å². The molecule has 1 rings (SSSR count). The van der Waals surface area contributed by atoms with Crippen LogP contribution in [-0.4, -0.2) is 43.0 Å². The van der Waals surface area contributed by atoms with E-state index in [9.17, 15) is 18.4 Å². The second-order valence-electron chi connectivity index (χ2n) is 5.15. The lowest BCUT2D eigenvalue weighted by Gasteiger charge is -2.23. The van der Waals surface area contributed by atoms with Crippen molar-refractivity contribution in [1.29, 1.82) is 0 Å². The van der Waals surface area contributed by atoms with Gasteiger partial charge in [-0.25, -0.2) is 0 Å². The highest BCUT2D eigenvalue weighted by molar-refractivity contribution is 5.94. The Morgan fingerprint density at radius 2 is 1.96 bits per heavy atom. The number of benzene rings is 1. The van der Waals surface area contributed by atoms with Gasteiger partial charge in [-0.1, -0.05) is 6.07 Å². The molecule has 0 saturated heterocycles. The number of nitrogens with two attached hydrogens (primary N) is 1. The zero-order chi connectivity index (χ0) is 18.3. The highest BCUT2D eigenvalue weighted by Gasteiger charge is 2.16. The van der Waals surface area contributed by atoms with Gasteiger partial charge >= 0.3 is 6.61 Å². The molecule has 0 heterocycles. The molecule has 1 aromatic carbocycles. The van der Waals surface area contributed by atoms with Gasteiger partial charge < -0.3 is 20.1 Å². The molecule has 0 spiro atoms. The molecule has 0 aliphatic rings. The normalized spacial score (nSPS) is 11.1. The highest BCUT2D eigenvalue weighted by atomic mass is 19.3. The van der Waals surface area contributed by atoms with Crippen molar-refractivity contribution in [3.8, 4) is 11.5 Å². The molecule has 0 aromatic heterocycles. The number of ether oxygens (including phenoxy) is 2. The molecule has 6 nitrogen and oxygen atoms in total. The van der Waals surface area contributed by atoms with E-state index < -0.39 is 18.4 Å². The van der Waals surface area contributed by atoms with Crippen LogP contribution in [0.1, 0.15) is 19.4 Å². The summed E-state index contributed by atoms with van der Waals surface area (Å²) in [7, 11) is 1.32. The van der Waals surface area contributed by atoms with Crippen LogP contribution < -0.4 is 15.2 Å². The van der Waals surface area contributed by atoms with E-state index in [-0.39, 0.29) is 24.1 Å². The number of alkyl halides is 2. The molecular weight excluding hydrogens is 322 g/mol. The molecule has 0 bridgehead atoms. The fourth-order valence-electron chi connectivity index (χ4n) is 1.93. The van der Waals surface area contributed by atoms with Gasteiger partial charge in [-0.05, 0) is 37.6 Å². The van der Waals surface area contributed by atoms with Crippen LogP contribution in [0.4, 0.5) is 8.78 Å². The lowest BCUT2D eigenvalue weighted by molar-refractivity contribution is -0.132. The fraction of sp³-hybridized carbons (Fsp3) is 0.375. The summed E-state index contributed by atoms with van der Waals surface area (Å²) in [4.78, 5) is 24.5. The van der Waals surface area contributed by atoms with Gasteiger partial charge in [0.25, 0.3) is 0 Å². The number of carbonyl (C=O) groups excluding carboxylic acids is 2. The van der Waals surface area contributed by atoms with Crippen molar-refractivity contribution in [2.45, 2.75) is 26.5 Å². The standard InChI is InChI=1S/C16H20F2N2O4/c1-10(2)20(9-14(19)21)15(22)7-5-11-4-6-12(24-16(17)18)13(8-11)23-3/h4-8,10,16H,9H2,1-3H3,(H2,19,21)/b7-5+. The van der Waals surface area contributed by atoms with Crippen molar-refractivity contribution in [2.75, 3.05) is 13.7 Å². The lowest BCUT2D eigenvalue weighted by atomic mass is 10.1. The SMILES string of the molecule is COc1cc(/C=C/C(=O)N(CC(N)=O)C(C)C)ccc1OC(F)F. The maximum Gasteiger partial charge on any atom is 0.387 e. The Labute approximate surface area is 138 Å². The molecule has 0 saturated carbocycles. The van der Waals surface area contributed by atoms with Gasteiger partial charge in [-0.2, -0.15) is 8.78 Å². The summed E-state index contributed by atoms with van der Waals surface area (Å²) in [6.45, 7) is 0.364. The van der Waals surface area contributed by atoms with Crippen LogP contribution in [0.3, 0.4) is 0 Å². The van der Waals surface area contributed by atoms with E-state index in [0.29, 0.717) is 5.56 Å². The summed E-state index contributed by atoms with van der Waals surface area (Å²) in [6, 6.07) is 4.07. The first-order chi connectivity index (χ1) is 11.2. The first kappa shape index (κ1) is 19.4. The van der Waals surface area contributed by atoms with Crippen molar-refractivity contribution in [3.63, 3.8) is 0 Å². The fourth-order valence-corrected chi connectivity index (χ4v) is 1.93. The molecule has 132 valence electrons. The topological polar surface area (TPSA) is 81.9 Å². The van der Waals surface area contributed by atoms with E-state index in [1.54, 1.807) is 13.8 Å². The molecule has 2 N–H and O–H groups in total. The lowest BCUT2D eigenvalue weighted by Crippen LogP contribution is -2.41. The quantitative estimate of drug-likeness (QED) is 0.733. The van der Waals surface area contributed by atoms with Crippen LogP contribution in [0.2, 0.25) is 0 Å². The highest BCUT2D eigenvalue weighted by Crippen LogP contribution is 2.29. The van der Waals surface area contributed by atoms with Crippen molar-refractivity contribution in [1.82, 2.24) is 4.90 Å². The predicted molar refractivity (Wildman–Crippen MR) is 84.7 cm³/mol. The minimum absolute atomic E-state index is 0.103. The Morgan fingerprint density at radius 1 is 1.29 bits per heavy atom. The summed E-state index contributed by atoms with van der Waals surface area (Å²) in [5.41, 5.74) is 5.67. The molecule has 0 radical (unpaired) electrons. The Hall–Kier alpha value is -2.64. The van der Waals surface area contributed by atoms with Crippen LogP contribution in [0.25, 0.3) is 6.08 Å². The number of amides is 2. The van der Waals surface area contributed by atoms with E-state index in [1.165, 1.54) is 42.4 Å². The average molecular weight is 342 g/mol.